The van der Waals surface area contributed by atoms with Crippen LogP contribution in [0.3, 0.4) is 0 Å². The van der Waals surface area contributed by atoms with Crippen LogP contribution >= 0.6 is 24.0 Å². The van der Waals surface area contributed by atoms with Crippen molar-refractivity contribution in [1.29, 1.82) is 0 Å². The van der Waals surface area contributed by atoms with E-state index in [1.165, 1.54) is 5.56 Å². The lowest BCUT2D eigenvalue weighted by Crippen LogP contribution is -2.46. The summed E-state index contributed by atoms with van der Waals surface area (Å²) in [5.41, 5.74) is 1.23. The van der Waals surface area contributed by atoms with Crippen LogP contribution < -0.4 is 15.4 Å². The topological polar surface area (TPSA) is 64.1 Å². The summed E-state index contributed by atoms with van der Waals surface area (Å²) >= 11 is 0. The van der Waals surface area contributed by atoms with Crippen LogP contribution in [0.2, 0.25) is 0 Å². The van der Waals surface area contributed by atoms with Gasteiger partial charge in [-0.15, -0.1) is 24.0 Å². The Bertz CT molecular complexity index is 533. The lowest BCUT2D eigenvalue weighted by Gasteiger charge is -2.21. The highest BCUT2D eigenvalue weighted by Crippen LogP contribution is 2.13. The molecule has 1 saturated heterocycles. The zero-order chi connectivity index (χ0) is 18.1. The Morgan fingerprint density at radius 3 is 2.65 bits per heavy atom. The Hall–Kier alpha value is -1.06. The molecule has 7 heteroatoms. The molecule has 148 valence electrons. The third-order valence-corrected chi connectivity index (χ3v) is 3.99. The number of guanidine groups is 1. The van der Waals surface area contributed by atoms with Crippen LogP contribution in [0.1, 0.15) is 25.8 Å². The first-order valence-corrected chi connectivity index (χ1v) is 8.96. The average molecular weight is 477 g/mol. The van der Waals surface area contributed by atoms with Gasteiger partial charge in [0.1, 0.15) is 11.9 Å². The molecule has 6 nitrogen and oxygen atoms in total. The summed E-state index contributed by atoms with van der Waals surface area (Å²) in [5.74, 6) is 1.63. The zero-order valence-corrected chi connectivity index (χ0v) is 18.5. The molecule has 3 unspecified atom stereocenters. The van der Waals surface area contributed by atoms with Gasteiger partial charge < -0.3 is 24.8 Å². The van der Waals surface area contributed by atoms with Crippen LogP contribution in [0.4, 0.5) is 0 Å². The van der Waals surface area contributed by atoms with Crippen LogP contribution in [0.25, 0.3) is 0 Å². The first-order chi connectivity index (χ1) is 12.1. The Morgan fingerprint density at radius 2 is 2.04 bits per heavy atom. The summed E-state index contributed by atoms with van der Waals surface area (Å²) in [6.45, 7) is 8.97. The van der Waals surface area contributed by atoms with Crippen molar-refractivity contribution < 1.29 is 14.2 Å². The highest BCUT2D eigenvalue weighted by molar-refractivity contribution is 14.0. The van der Waals surface area contributed by atoms with E-state index >= 15 is 0 Å². The van der Waals surface area contributed by atoms with Gasteiger partial charge in [-0.05, 0) is 39.3 Å². The maximum Gasteiger partial charge on any atom is 0.191 e. The standard InChI is InChI=1S/C19H31N3O3.HI/c1-14-5-7-17(8-6-14)25-16(3)11-21-19(20-4)22-15(2)12-24-18-9-10-23-13-18;/h5-8,15-16,18H,9-13H2,1-4H3,(H2,20,21,22);1H. The second kappa shape index (κ2) is 12.3. The predicted octanol–water partition coefficient (Wildman–Crippen LogP) is 2.74. The molecule has 2 rings (SSSR count). The minimum absolute atomic E-state index is 0. The summed E-state index contributed by atoms with van der Waals surface area (Å²) < 4.78 is 17.0. The van der Waals surface area contributed by atoms with E-state index in [1.54, 1.807) is 7.05 Å². The zero-order valence-electron chi connectivity index (χ0n) is 16.2. The first kappa shape index (κ1) is 23.0. The molecule has 1 aliphatic rings. The molecule has 0 bridgehead atoms. The van der Waals surface area contributed by atoms with Crippen molar-refractivity contribution in [1.82, 2.24) is 10.6 Å². The van der Waals surface area contributed by atoms with Gasteiger partial charge in [-0.1, -0.05) is 17.7 Å². The number of hydrogen-bond donors (Lipinski definition) is 2. The Labute approximate surface area is 174 Å². The number of halogens is 1. The molecule has 1 aromatic carbocycles. The number of aliphatic imine (C=N–C) groups is 1. The number of nitrogens with one attached hydrogen (secondary N) is 2. The number of aryl methyl sites for hydroxylation is 1. The molecular formula is C19H32IN3O3. The van der Waals surface area contributed by atoms with Gasteiger partial charge in [-0.3, -0.25) is 4.99 Å². The molecule has 2 N–H and O–H groups in total. The fourth-order valence-corrected chi connectivity index (χ4v) is 2.53. The number of rotatable bonds is 8. The molecule has 1 aliphatic heterocycles. The van der Waals surface area contributed by atoms with E-state index < -0.39 is 0 Å². The summed E-state index contributed by atoms with van der Waals surface area (Å²) in [6, 6.07) is 8.25. The van der Waals surface area contributed by atoms with Crippen LogP contribution in [0.5, 0.6) is 5.75 Å². The molecule has 0 aromatic heterocycles. The lowest BCUT2D eigenvalue weighted by molar-refractivity contribution is 0.0347. The van der Waals surface area contributed by atoms with E-state index in [-0.39, 0.29) is 42.2 Å². The van der Waals surface area contributed by atoms with Gasteiger partial charge in [-0.25, -0.2) is 0 Å². The summed E-state index contributed by atoms with van der Waals surface area (Å²) in [7, 11) is 1.76. The van der Waals surface area contributed by atoms with Gasteiger partial charge in [0.25, 0.3) is 0 Å². The monoisotopic (exact) mass is 477 g/mol. The van der Waals surface area contributed by atoms with E-state index in [9.17, 15) is 0 Å². The maximum absolute atomic E-state index is 5.90. The van der Waals surface area contributed by atoms with Crippen molar-refractivity contribution >= 4 is 29.9 Å². The first-order valence-electron chi connectivity index (χ1n) is 8.96. The molecule has 1 aromatic rings. The number of benzene rings is 1. The van der Waals surface area contributed by atoms with E-state index in [2.05, 4.69) is 29.5 Å². The normalized spacial score (nSPS) is 19.4. The minimum Gasteiger partial charge on any atom is -0.489 e. The van der Waals surface area contributed by atoms with Gasteiger partial charge in [-0.2, -0.15) is 0 Å². The van der Waals surface area contributed by atoms with Crippen molar-refractivity contribution in [3.05, 3.63) is 29.8 Å². The Kier molecular flexibility index (Phi) is 10.9. The second-order valence-electron chi connectivity index (χ2n) is 6.56. The number of nitrogens with zero attached hydrogens (tertiary/aromatic N) is 1. The number of ether oxygens (including phenoxy) is 3. The minimum atomic E-state index is 0. The molecule has 0 radical (unpaired) electrons. The summed E-state index contributed by atoms with van der Waals surface area (Å²) in [4.78, 5) is 4.26. The molecule has 0 saturated carbocycles. The molecule has 0 spiro atoms. The van der Waals surface area contributed by atoms with Crippen LogP contribution in [-0.4, -0.2) is 57.6 Å². The lowest BCUT2D eigenvalue weighted by atomic mass is 10.2. The van der Waals surface area contributed by atoms with Gasteiger partial charge in [0, 0.05) is 19.7 Å². The highest BCUT2D eigenvalue weighted by Gasteiger charge is 2.17. The van der Waals surface area contributed by atoms with Gasteiger partial charge in [0.2, 0.25) is 0 Å². The highest BCUT2D eigenvalue weighted by atomic mass is 127. The fourth-order valence-electron chi connectivity index (χ4n) is 2.53. The maximum atomic E-state index is 5.90. The summed E-state index contributed by atoms with van der Waals surface area (Å²) in [6.07, 6.45) is 1.23. The van der Waals surface area contributed by atoms with Crippen molar-refractivity contribution in [2.24, 2.45) is 4.99 Å². The molecule has 0 aliphatic carbocycles. The van der Waals surface area contributed by atoms with Crippen LogP contribution in [0, 0.1) is 6.92 Å². The number of hydrogen-bond acceptors (Lipinski definition) is 4. The smallest absolute Gasteiger partial charge is 0.191 e. The Morgan fingerprint density at radius 1 is 1.31 bits per heavy atom. The van der Waals surface area contributed by atoms with Crippen molar-refractivity contribution in [3.8, 4) is 5.75 Å². The fraction of sp³-hybridized carbons (Fsp3) is 0.632. The van der Waals surface area contributed by atoms with Gasteiger partial charge in [0.15, 0.2) is 5.96 Å². The van der Waals surface area contributed by atoms with Crippen LogP contribution in [0.15, 0.2) is 29.3 Å². The second-order valence-corrected chi connectivity index (χ2v) is 6.56. The molecule has 26 heavy (non-hydrogen) atoms. The predicted molar refractivity (Wildman–Crippen MR) is 116 cm³/mol. The SMILES string of the molecule is CN=C(NCC(C)Oc1ccc(C)cc1)NC(C)COC1CCOC1.I. The van der Waals surface area contributed by atoms with E-state index in [0.717, 1.165) is 24.7 Å². The van der Waals surface area contributed by atoms with E-state index in [4.69, 9.17) is 14.2 Å². The molecule has 1 fully saturated rings. The third-order valence-electron chi connectivity index (χ3n) is 3.99. The average Bonchev–Trinajstić information content (AvgIpc) is 3.12. The van der Waals surface area contributed by atoms with Gasteiger partial charge >= 0.3 is 0 Å². The van der Waals surface area contributed by atoms with Gasteiger partial charge in [0.05, 0.1) is 25.9 Å². The van der Waals surface area contributed by atoms with Crippen molar-refractivity contribution in [2.75, 3.05) is 33.4 Å². The molecule has 0 amide bonds. The molecular weight excluding hydrogens is 445 g/mol. The molecule has 1 heterocycles. The van der Waals surface area contributed by atoms with E-state index in [1.807, 2.05) is 31.2 Å². The third kappa shape index (κ3) is 8.55. The Balaban J connectivity index is 0.00000338. The molecule has 3 atom stereocenters. The van der Waals surface area contributed by atoms with Crippen molar-refractivity contribution in [2.45, 2.75) is 45.4 Å². The largest absolute Gasteiger partial charge is 0.489 e. The van der Waals surface area contributed by atoms with Crippen LogP contribution in [-0.2, 0) is 9.47 Å². The quantitative estimate of drug-likeness (QED) is 0.343. The summed E-state index contributed by atoms with van der Waals surface area (Å²) in [5, 5.41) is 6.63. The van der Waals surface area contributed by atoms with E-state index in [0.29, 0.717) is 19.8 Å². The van der Waals surface area contributed by atoms with Crippen molar-refractivity contribution in [3.63, 3.8) is 0 Å².